The van der Waals surface area contributed by atoms with E-state index < -0.39 is 0 Å². The average Bonchev–Trinajstić information content (AvgIpc) is 3.20. The highest BCUT2D eigenvalue weighted by Crippen LogP contribution is 2.26. The number of benzene rings is 2. The maximum absolute atomic E-state index is 13.3. The van der Waals surface area contributed by atoms with E-state index in [2.05, 4.69) is 5.32 Å². The molecule has 1 heterocycles. The molecule has 0 radical (unpaired) electrons. The number of carbonyl (C=O) groups is 1. The molecule has 2 atom stereocenters. The first-order chi connectivity index (χ1) is 13.0. The molecule has 0 fully saturated rings. The van der Waals surface area contributed by atoms with Crippen LogP contribution < -0.4 is 10.6 Å². The molecule has 3 aromatic rings. The van der Waals surface area contributed by atoms with Gasteiger partial charge in [-0.2, -0.15) is 0 Å². The molecule has 1 aromatic heterocycles. The van der Waals surface area contributed by atoms with E-state index in [0.29, 0.717) is 5.02 Å². The zero-order chi connectivity index (χ0) is 19.2. The molecule has 0 bridgehead atoms. The van der Waals surface area contributed by atoms with Crippen molar-refractivity contribution in [1.82, 2.24) is 5.32 Å². The summed E-state index contributed by atoms with van der Waals surface area (Å²) in [5.41, 5.74) is 1.85. The van der Waals surface area contributed by atoms with Crippen molar-refractivity contribution in [3.05, 3.63) is 92.9 Å². The molecule has 1 amide bonds. The lowest BCUT2D eigenvalue weighted by Crippen LogP contribution is -2.87. The van der Waals surface area contributed by atoms with Gasteiger partial charge in [-0.05, 0) is 42.1 Å². The lowest BCUT2D eigenvalue weighted by molar-refractivity contribution is -0.682. The minimum Gasteiger partial charge on any atom is -0.339 e. The second kappa shape index (κ2) is 9.13. The van der Waals surface area contributed by atoms with E-state index in [1.807, 2.05) is 54.0 Å². The number of halogens is 2. The summed E-state index contributed by atoms with van der Waals surface area (Å²) in [7, 11) is 0. The first-order valence-electron chi connectivity index (χ1n) is 8.70. The Hall–Kier alpha value is -2.21. The van der Waals surface area contributed by atoms with E-state index >= 15 is 0 Å². The Balaban J connectivity index is 1.66. The van der Waals surface area contributed by atoms with Gasteiger partial charge in [0.1, 0.15) is 11.9 Å². The van der Waals surface area contributed by atoms with Gasteiger partial charge < -0.3 is 10.6 Å². The van der Waals surface area contributed by atoms with Gasteiger partial charge in [0.2, 0.25) is 0 Å². The van der Waals surface area contributed by atoms with Crippen LogP contribution in [0.25, 0.3) is 0 Å². The molecular weight excluding hydrogens is 383 g/mol. The van der Waals surface area contributed by atoms with Gasteiger partial charge in [-0.15, -0.1) is 11.3 Å². The highest BCUT2D eigenvalue weighted by molar-refractivity contribution is 7.10. The predicted molar refractivity (Wildman–Crippen MR) is 107 cm³/mol. The summed E-state index contributed by atoms with van der Waals surface area (Å²) >= 11 is 7.79. The Labute approximate surface area is 167 Å². The molecular formula is C21H21ClFN2OS+. The molecule has 0 saturated carbocycles. The highest BCUT2D eigenvalue weighted by Gasteiger charge is 2.20. The van der Waals surface area contributed by atoms with Crippen LogP contribution in [0.15, 0.2) is 66.0 Å². The standard InChI is InChI=1S/C21H20ClFN2OS/c1-14(17-5-2-3-6-18(17)22)24-13-20(26)25-21(19-7-4-12-27-19)15-8-10-16(23)11-9-15/h2-12,14,21,24H,13H2,1H3,(H,25,26)/p+1/t14-,21-/m0/s1. The summed E-state index contributed by atoms with van der Waals surface area (Å²) in [5.74, 6) is -0.381. The number of nitrogens with two attached hydrogens (primary N) is 1. The van der Waals surface area contributed by atoms with Gasteiger partial charge in [-0.3, -0.25) is 4.79 Å². The summed E-state index contributed by atoms with van der Waals surface area (Å²) in [4.78, 5) is 13.6. The van der Waals surface area contributed by atoms with Crippen LogP contribution in [0.1, 0.15) is 35.0 Å². The number of amides is 1. The monoisotopic (exact) mass is 403 g/mol. The predicted octanol–water partition coefficient (Wildman–Crippen LogP) is 4.07. The molecule has 3 nitrogen and oxygen atoms in total. The van der Waals surface area contributed by atoms with Gasteiger partial charge in [-0.1, -0.05) is 48.0 Å². The van der Waals surface area contributed by atoms with Crippen molar-refractivity contribution < 1.29 is 14.5 Å². The minimum absolute atomic E-state index is 0.0652. The second-order valence-corrected chi connectivity index (χ2v) is 7.70. The Bertz CT molecular complexity index is 883. The van der Waals surface area contributed by atoms with Gasteiger partial charge in [0.15, 0.2) is 6.54 Å². The van der Waals surface area contributed by atoms with Crippen LogP contribution in [0.3, 0.4) is 0 Å². The molecule has 0 aliphatic carbocycles. The first kappa shape index (κ1) is 19.5. The quantitative estimate of drug-likeness (QED) is 0.613. The Morgan fingerprint density at radius 2 is 1.89 bits per heavy atom. The second-order valence-electron chi connectivity index (χ2n) is 6.32. The molecule has 140 valence electrons. The van der Waals surface area contributed by atoms with Gasteiger partial charge >= 0.3 is 0 Å². The maximum atomic E-state index is 13.3. The van der Waals surface area contributed by atoms with Gasteiger partial charge in [0, 0.05) is 15.5 Å². The third kappa shape index (κ3) is 5.16. The van der Waals surface area contributed by atoms with E-state index in [1.165, 1.54) is 12.1 Å². The third-order valence-corrected chi connectivity index (χ3v) is 5.67. The normalized spacial score (nSPS) is 13.1. The molecule has 0 spiro atoms. The van der Waals surface area contributed by atoms with Crippen LogP contribution >= 0.6 is 22.9 Å². The van der Waals surface area contributed by atoms with Crippen LogP contribution in [0.2, 0.25) is 5.02 Å². The Morgan fingerprint density at radius 3 is 2.56 bits per heavy atom. The Morgan fingerprint density at radius 1 is 1.15 bits per heavy atom. The van der Waals surface area contributed by atoms with Crippen molar-refractivity contribution in [2.45, 2.75) is 19.0 Å². The van der Waals surface area contributed by atoms with Gasteiger partial charge in [0.25, 0.3) is 5.91 Å². The van der Waals surface area contributed by atoms with Gasteiger partial charge in [0.05, 0.1) is 6.04 Å². The average molecular weight is 404 g/mol. The minimum atomic E-state index is -0.295. The molecule has 0 aliphatic rings. The van der Waals surface area contributed by atoms with E-state index in [9.17, 15) is 9.18 Å². The van der Waals surface area contributed by atoms with E-state index in [0.717, 1.165) is 16.0 Å². The zero-order valence-corrected chi connectivity index (χ0v) is 16.4. The summed E-state index contributed by atoms with van der Waals surface area (Å²) < 4.78 is 13.3. The maximum Gasteiger partial charge on any atom is 0.275 e. The molecule has 3 N–H and O–H groups in total. The van der Waals surface area contributed by atoms with Crippen molar-refractivity contribution in [3.8, 4) is 0 Å². The third-order valence-electron chi connectivity index (χ3n) is 4.39. The van der Waals surface area contributed by atoms with Crippen LogP contribution in [0, 0.1) is 5.82 Å². The lowest BCUT2D eigenvalue weighted by atomic mass is 10.1. The van der Waals surface area contributed by atoms with E-state index in [-0.39, 0.29) is 30.4 Å². The van der Waals surface area contributed by atoms with Crippen molar-refractivity contribution in [3.63, 3.8) is 0 Å². The molecule has 0 aliphatic heterocycles. The van der Waals surface area contributed by atoms with E-state index in [1.54, 1.807) is 23.5 Å². The fraction of sp³-hybridized carbons (Fsp3) is 0.190. The molecule has 0 unspecified atom stereocenters. The summed E-state index contributed by atoms with van der Waals surface area (Å²) in [6.07, 6.45) is 0. The van der Waals surface area contributed by atoms with Crippen LogP contribution in [0.4, 0.5) is 4.39 Å². The van der Waals surface area contributed by atoms with Crippen LogP contribution in [0.5, 0.6) is 0 Å². The largest absolute Gasteiger partial charge is 0.339 e. The summed E-state index contributed by atoms with van der Waals surface area (Å²) in [5, 5.41) is 7.67. The number of nitrogens with one attached hydrogen (secondary N) is 1. The summed E-state index contributed by atoms with van der Waals surface area (Å²) in [6.45, 7) is 2.29. The van der Waals surface area contributed by atoms with Crippen molar-refractivity contribution >= 4 is 28.8 Å². The fourth-order valence-electron chi connectivity index (χ4n) is 2.90. The molecule has 27 heavy (non-hydrogen) atoms. The SMILES string of the molecule is C[C@H]([NH2+]CC(=O)N[C@@H](c1ccc(F)cc1)c1cccs1)c1ccccc1Cl. The van der Waals surface area contributed by atoms with Crippen LogP contribution in [-0.2, 0) is 4.79 Å². The number of hydrogen-bond donors (Lipinski definition) is 2. The molecule has 0 saturated heterocycles. The number of rotatable bonds is 7. The van der Waals surface area contributed by atoms with Crippen molar-refractivity contribution in [2.75, 3.05) is 6.54 Å². The van der Waals surface area contributed by atoms with Crippen molar-refractivity contribution in [1.29, 1.82) is 0 Å². The number of carbonyl (C=O) groups excluding carboxylic acids is 1. The number of quaternary nitrogens is 1. The van der Waals surface area contributed by atoms with E-state index in [4.69, 9.17) is 11.6 Å². The fourth-order valence-corrected chi connectivity index (χ4v) is 4.01. The first-order valence-corrected chi connectivity index (χ1v) is 9.96. The highest BCUT2D eigenvalue weighted by atomic mass is 35.5. The number of hydrogen-bond acceptors (Lipinski definition) is 2. The smallest absolute Gasteiger partial charge is 0.275 e. The van der Waals surface area contributed by atoms with Crippen molar-refractivity contribution in [2.24, 2.45) is 0 Å². The molecule has 6 heteroatoms. The summed E-state index contributed by atoms with van der Waals surface area (Å²) in [6, 6.07) is 17.6. The number of thiophene rings is 1. The van der Waals surface area contributed by atoms with Gasteiger partial charge in [-0.25, -0.2) is 4.39 Å². The molecule has 3 rings (SSSR count). The van der Waals surface area contributed by atoms with Crippen LogP contribution in [-0.4, -0.2) is 12.5 Å². The topological polar surface area (TPSA) is 45.7 Å². The Kier molecular flexibility index (Phi) is 6.61. The lowest BCUT2D eigenvalue weighted by Gasteiger charge is -2.19. The molecule has 2 aromatic carbocycles. The zero-order valence-electron chi connectivity index (χ0n) is 14.9.